The molecule has 1 unspecified atom stereocenters. The Morgan fingerprint density at radius 2 is 1.89 bits per heavy atom. The minimum absolute atomic E-state index is 0.00318. The van der Waals surface area contributed by atoms with E-state index >= 15 is 0 Å². The number of amides is 1. The Bertz CT molecular complexity index is 1070. The molecular weight excluding hydrogens is 467 g/mol. The minimum Gasteiger partial charge on any atom is -0.396 e. The first-order valence-electron chi connectivity index (χ1n) is 11.6. The zero-order chi connectivity index (χ0) is 25.8. The fourth-order valence-electron chi connectivity index (χ4n) is 3.71. The second-order valence-electron chi connectivity index (χ2n) is 8.30. The number of rotatable bonds is 14. The monoisotopic (exact) mass is 502 g/mol. The zero-order valence-electron chi connectivity index (χ0n) is 20.6. The molecule has 3 N–H and O–H groups in total. The molecule has 0 radical (unpaired) electrons. The highest BCUT2D eigenvalue weighted by molar-refractivity contribution is 7.47. The molecule has 35 heavy (non-hydrogen) atoms. The first kappa shape index (κ1) is 28.6. The Kier molecular flexibility index (Phi) is 11.5. The Morgan fingerprint density at radius 1 is 1.17 bits per heavy atom. The molecule has 0 aliphatic rings. The highest BCUT2D eigenvalue weighted by atomic mass is 31.2. The lowest BCUT2D eigenvalue weighted by molar-refractivity contribution is -0.120. The summed E-state index contributed by atoms with van der Waals surface area (Å²) in [6, 6.07) is 15.5. The number of para-hydroxylation sites is 1. The van der Waals surface area contributed by atoms with Crippen LogP contribution in [0.25, 0.3) is 5.57 Å². The van der Waals surface area contributed by atoms with Crippen LogP contribution in [0.15, 0.2) is 59.1 Å². The Balaban J connectivity index is 2.16. The summed E-state index contributed by atoms with van der Waals surface area (Å²) in [6.45, 7) is 9.19. The number of phosphoric acid groups is 1. The smallest absolute Gasteiger partial charge is 0.396 e. The number of phosphoric ester groups is 1. The minimum atomic E-state index is -4.08. The Morgan fingerprint density at radius 3 is 2.51 bits per heavy atom. The largest absolute Gasteiger partial charge is 0.472 e. The van der Waals surface area contributed by atoms with Crippen molar-refractivity contribution >= 4 is 31.7 Å². The predicted molar refractivity (Wildman–Crippen MR) is 139 cm³/mol. The third-order valence-corrected chi connectivity index (χ3v) is 6.28. The van der Waals surface area contributed by atoms with Crippen molar-refractivity contribution in [2.75, 3.05) is 19.8 Å². The molecule has 1 amide bonds. The van der Waals surface area contributed by atoms with E-state index in [9.17, 15) is 19.4 Å². The fraction of sp³-hybridized carbons (Fsp3) is 0.385. The van der Waals surface area contributed by atoms with Crippen LogP contribution in [0.1, 0.15) is 50.3 Å². The lowest BCUT2D eigenvalue weighted by Crippen LogP contribution is -2.25. The molecule has 8 nitrogen and oxygen atoms in total. The molecule has 1 atom stereocenters. The molecular formula is C26H35N2O6P. The van der Waals surface area contributed by atoms with Gasteiger partial charge in [-0.1, -0.05) is 54.1 Å². The summed E-state index contributed by atoms with van der Waals surface area (Å²) < 4.78 is 21.5. The van der Waals surface area contributed by atoms with Crippen LogP contribution in [-0.4, -0.2) is 48.5 Å². The van der Waals surface area contributed by atoms with Gasteiger partial charge in [0, 0.05) is 25.1 Å². The van der Waals surface area contributed by atoms with Gasteiger partial charge in [-0.2, -0.15) is 0 Å². The van der Waals surface area contributed by atoms with Crippen molar-refractivity contribution in [3.8, 4) is 0 Å². The lowest BCUT2D eigenvalue weighted by Gasteiger charge is -2.18. The number of nitrogens with zero attached hydrogens (tertiary/aromatic N) is 1. The SMILES string of the molecule is C=Nc1c(CCO)cccc1/C(=C(\C)CC(=O)NCCCOP(=O)(O)OC(C)C)c1ccccc1. The van der Waals surface area contributed by atoms with E-state index in [1.165, 1.54) is 0 Å². The number of aliphatic hydroxyl groups excluding tert-OH is 1. The molecule has 0 aliphatic heterocycles. The molecule has 0 heterocycles. The summed E-state index contributed by atoms with van der Waals surface area (Å²) in [5, 5.41) is 12.3. The maximum atomic E-state index is 12.7. The first-order chi connectivity index (χ1) is 16.7. The van der Waals surface area contributed by atoms with Gasteiger partial charge >= 0.3 is 7.82 Å². The average molecular weight is 503 g/mol. The highest BCUT2D eigenvalue weighted by Gasteiger charge is 2.22. The molecule has 0 spiro atoms. The molecule has 9 heteroatoms. The summed E-state index contributed by atoms with van der Waals surface area (Å²) in [6.07, 6.45) is 0.537. The van der Waals surface area contributed by atoms with E-state index in [2.05, 4.69) is 17.0 Å². The maximum Gasteiger partial charge on any atom is 0.472 e. The van der Waals surface area contributed by atoms with Gasteiger partial charge in [-0.3, -0.25) is 18.8 Å². The van der Waals surface area contributed by atoms with Gasteiger partial charge < -0.3 is 15.3 Å². The quantitative estimate of drug-likeness (QED) is 0.194. The van der Waals surface area contributed by atoms with Crippen LogP contribution < -0.4 is 5.32 Å². The summed E-state index contributed by atoms with van der Waals surface area (Å²) in [7, 11) is -4.08. The third-order valence-electron chi connectivity index (χ3n) is 5.08. The molecule has 2 rings (SSSR count). The van der Waals surface area contributed by atoms with Gasteiger partial charge in [0.1, 0.15) is 0 Å². The van der Waals surface area contributed by atoms with Crippen molar-refractivity contribution in [1.29, 1.82) is 0 Å². The molecule has 2 aromatic carbocycles. The molecule has 0 aliphatic carbocycles. The van der Waals surface area contributed by atoms with Crippen LogP contribution in [0, 0.1) is 0 Å². The number of hydrogen-bond acceptors (Lipinski definition) is 6. The topological polar surface area (TPSA) is 117 Å². The average Bonchev–Trinajstić information content (AvgIpc) is 2.79. The molecule has 0 fully saturated rings. The number of benzene rings is 2. The number of nitrogens with one attached hydrogen (secondary N) is 1. The van der Waals surface area contributed by atoms with E-state index in [0.717, 1.165) is 27.8 Å². The molecule has 0 bridgehead atoms. The number of carbonyl (C=O) groups excluding carboxylic acids is 1. The Hall–Kier alpha value is -2.61. The van der Waals surface area contributed by atoms with Gasteiger partial charge in [0.2, 0.25) is 5.91 Å². The second-order valence-corrected chi connectivity index (χ2v) is 9.71. The zero-order valence-corrected chi connectivity index (χ0v) is 21.5. The van der Waals surface area contributed by atoms with Gasteiger partial charge in [0.15, 0.2) is 0 Å². The van der Waals surface area contributed by atoms with E-state index in [1.807, 2.05) is 55.5 Å². The van der Waals surface area contributed by atoms with E-state index in [1.54, 1.807) is 13.8 Å². The number of carbonyl (C=O) groups is 1. The molecule has 0 saturated heterocycles. The van der Waals surface area contributed by atoms with E-state index < -0.39 is 13.9 Å². The summed E-state index contributed by atoms with van der Waals surface area (Å²) in [4.78, 5) is 26.5. The van der Waals surface area contributed by atoms with E-state index in [-0.39, 0.29) is 25.5 Å². The molecule has 0 aromatic heterocycles. The lowest BCUT2D eigenvalue weighted by atomic mass is 9.89. The van der Waals surface area contributed by atoms with Crippen LogP contribution in [0.5, 0.6) is 0 Å². The third kappa shape index (κ3) is 9.17. The normalized spacial score (nSPS) is 13.8. The van der Waals surface area contributed by atoms with Crippen molar-refractivity contribution in [2.24, 2.45) is 4.99 Å². The van der Waals surface area contributed by atoms with Crippen molar-refractivity contribution in [3.63, 3.8) is 0 Å². The number of aliphatic imine (C=N–C) groups is 1. The van der Waals surface area contributed by atoms with Gasteiger partial charge in [-0.25, -0.2) is 4.57 Å². The van der Waals surface area contributed by atoms with Crippen LogP contribution in [0.2, 0.25) is 0 Å². The molecule has 190 valence electrons. The number of hydrogen-bond donors (Lipinski definition) is 3. The molecule has 2 aromatic rings. The van der Waals surface area contributed by atoms with Crippen molar-refractivity contribution in [1.82, 2.24) is 5.32 Å². The first-order valence-corrected chi connectivity index (χ1v) is 13.1. The fourth-order valence-corrected chi connectivity index (χ4v) is 4.66. The van der Waals surface area contributed by atoms with Crippen molar-refractivity contribution < 1.29 is 28.4 Å². The summed E-state index contributed by atoms with van der Waals surface area (Å²) in [5.74, 6) is -0.179. The van der Waals surface area contributed by atoms with Crippen LogP contribution in [0.3, 0.4) is 0 Å². The summed E-state index contributed by atoms with van der Waals surface area (Å²) >= 11 is 0. The van der Waals surface area contributed by atoms with Gasteiger partial charge in [-0.05, 0) is 57.0 Å². The van der Waals surface area contributed by atoms with E-state index in [4.69, 9.17) is 9.05 Å². The Labute approximate surface area is 207 Å². The van der Waals surface area contributed by atoms with Crippen LogP contribution in [-0.2, 0) is 24.8 Å². The predicted octanol–water partition coefficient (Wildman–Crippen LogP) is 4.81. The number of aliphatic hydroxyl groups is 1. The van der Waals surface area contributed by atoms with Crippen LogP contribution >= 0.6 is 7.82 Å². The molecule has 0 saturated carbocycles. The highest BCUT2D eigenvalue weighted by Crippen LogP contribution is 2.44. The summed E-state index contributed by atoms with van der Waals surface area (Å²) in [5.41, 5.74) is 5.10. The standard InChI is InChI=1S/C26H35N2O6P/c1-19(2)34-35(31,32)33-17-9-15-28-24(30)18-20(3)25(21-10-6-5-7-11-21)23-13-8-12-22(14-16-29)26(23)27-4/h5-8,10-13,19,29H,4,9,14-18H2,1-3H3,(H,28,30)(H,31,32)/b25-20+. The van der Waals surface area contributed by atoms with E-state index in [0.29, 0.717) is 25.1 Å². The second kappa shape index (κ2) is 14.1. The van der Waals surface area contributed by atoms with Crippen molar-refractivity contribution in [2.45, 2.75) is 46.1 Å². The van der Waals surface area contributed by atoms with Gasteiger partial charge in [-0.15, -0.1) is 0 Å². The van der Waals surface area contributed by atoms with Gasteiger partial charge in [0.25, 0.3) is 0 Å². The van der Waals surface area contributed by atoms with Crippen molar-refractivity contribution in [3.05, 3.63) is 70.8 Å². The van der Waals surface area contributed by atoms with Gasteiger partial charge in [0.05, 0.1) is 18.4 Å². The maximum absolute atomic E-state index is 12.7. The van der Waals surface area contributed by atoms with Crippen LogP contribution in [0.4, 0.5) is 5.69 Å².